The fourth-order valence-electron chi connectivity index (χ4n) is 1.86. The third-order valence-electron chi connectivity index (χ3n) is 2.81. The van der Waals surface area contributed by atoms with Crippen LogP contribution in [0, 0.1) is 11.3 Å². The van der Waals surface area contributed by atoms with Crippen LogP contribution in [-0.4, -0.2) is 33.5 Å². The fraction of sp³-hybridized carbons (Fsp3) is 0.625. The molecule has 66 valence electrons. The van der Waals surface area contributed by atoms with Crippen LogP contribution in [0.25, 0.3) is 0 Å². The maximum absolute atomic E-state index is 10.7. The second-order valence-corrected chi connectivity index (χ2v) is 3.50. The van der Waals surface area contributed by atoms with Gasteiger partial charge in [0.25, 0.3) is 0 Å². The second-order valence-electron chi connectivity index (χ2n) is 3.50. The Kier molecular flexibility index (Phi) is 1.35. The van der Waals surface area contributed by atoms with Gasteiger partial charge >= 0.3 is 5.97 Å². The Morgan fingerprint density at radius 3 is 2.75 bits per heavy atom. The Labute approximate surface area is 69.1 Å². The number of hydrogen-bond donors (Lipinski definition) is 3. The van der Waals surface area contributed by atoms with Crippen molar-refractivity contribution < 1.29 is 20.1 Å². The lowest BCUT2D eigenvalue weighted by Gasteiger charge is -2.21. The standard InChI is InChI=1S/C8H10O4/c9-5-1-2-8(7(11)12)3-4(8)6(5)10/h1-2,4-6,9-10H,3H2,(H,11,12)/t4-,5+,6+,8+/m0/s1. The van der Waals surface area contributed by atoms with Crippen LogP contribution in [0.1, 0.15) is 6.42 Å². The molecule has 0 aromatic carbocycles. The Balaban J connectivity index is 2.28. The summed E-state index contributed by atoms with van der Waals surface area (Å²) in [6.45, 7) is 0. The molecule has 0 amide bonds. The van der Waals surface area contributed by atoms with Crippen LogP contribution < -0.4 is 0 Å². The van der Waals surface area contributed by atoms with E-state index in [9.17, 15) is 9.90 Å². The molecular weight excluding hydrogens is 160 g/mol. The lowest BCUT2D eigenvalue weighted by molar-refractivity contribution is -0.143. The summed E-state index contributed by atoms with van der Waals surface area (Å²) in [7, 11) is 0. The van der Waals surface area contributed by atoms with E-state index in [4.69, 9.17) is 10.2 Å². The smallest absolute Gasteiger partial charge is 0.313 e. The molecule has 2 rings (SSSR count). The van der Waals surface area contributed by atoms with Crippen LogP contribution >= 0.6 is 0 Å². The Morgan fingerprint density at radius 1 is 1.50 bits per heavy atom. The predicted octanol–water partition coefficient (Wildman–Crippen LogP) is -0.631. The molecule has 4 atom stereocenters. The van der Waals surface area contributed by atoms with Gasteiger partial charge in [0, 0.05) is 5.92 Å². The Morgan fingerprint density at radius 2 is 2.17 bits per heavy atom. The zero-order valence-corrected chi connectivity index (χ0v) is 6.34. The number of aliphatic hydroxyl groups excluding tert-OH is 2. The first kappa shape index (κ1) is 7.76. The number of aliphatic carboxylic acids is 1. The van der Waals surface area contributed by atoms with Crippen molar-refractivity contribution in [2.75, 3.05) is 0 Å². The van der Waals surface area contributed by atoms with Crippen LogP contribution in [0.3, 0.4) is 0 Å². The quantitative estimate of drug-likeness (QED) is 0.458. The van der Waals surface area contributed by atoms with E-state index < -0.39 is 23.6 Å². The summed E-state index contributed by atoms with van der Waals surface area (Å²) in [6, 6.07) is 0. The minimum absolute atomic E-state index is 0.296. The summed E-state index contributed by atoms with van der Waals surface area (Å²) in [4.78, 5) is 10.7. The van der Waals surface area contributed by atoms with Gasteiger partial charge in [0.2, 0.25) is 0 Å². The zero-order chi connectivity index (χ0) is 8.93. The van der Waals surface area contributed by atoms with Gasteiger partial charge in [-0.25, -0.2) is 0 Å². The largest absolute Gasteiger partial charge is 0.481 e. The summed E-state index contributed by atoms with van der Waals surface area (Å²) in [6.07, 6.45) is 1.49. The minimum atomic E-state index is -0.911. The minimum Gasteiger partial charge on any atom is -0.481 e. The average molecular weight is 170 g/mol. The lowest BCUT2D eigenvalue weighted by atomic mass is 9.92. The molecule has 1 fully saturated rings. The predicted molar refractivity (Wildman–Crippen MR) is 39.3 cm³/mol. The number of fused-ring (bicyclic) bond motifs is 1. The van der Waals surface area contributed by atoms with E-state index in [1.807, 2.05) is 0 Å². The number of aliphatic hydroxyl groups is 2. The van der Waals surface area contributed by atoms with Crippen molar-refractivity contribution in [3.8, 4) is 0 Å². The molecule has 0 spiro atoms. The van der Waals surface area contributed by atoms with Crippen LogP contribution in [0.4, 0.5) is 0 Å². The number of rotatable bonds is 1. The molecule has 1 saturated carbocycles. The molecule has 12 heavy (non-hydrogen) atoms. The van der Waals surface area contributed by atoms with Crippen molar-refractivity contribution in [2.45, 2.75) is 18.6 Å². The molecule has 0 aliphatic heterocycles. The molecule has 2 aliphatic carbocycles. The molecule has 0 heterocycles. The summed E-state index contributed by atoms with van der Waals surface area (Å²) < 4.78 is 0. The van der Waals surface area contributed by atoms with E-state index in [0.29, 0.717) is 6.42 Å². The first-order chi connectivity index (χ1) is 5.58. The van der Waals surface area contributed by atoms with Crippen molar-refractivity contribution >= 4 is 5.97 Å². The molecule has 0 radical (unpaired) electrons. The zero-order valence-electron chi connectivity index (χ0n) is 6.34. The van der Waals surface area contributed by atoms with Crippen LogP contribution in [0.15, 0.2) is 12.2 Å². The van der Waals surface area contributed by atoms with Crippen molar-refractivity contribution in [3.05, 3.63) is 12.2 Å². The normalized spacial score (nSPS) is 50.0. The van der Waals surface area contributed by atoms with Crippen LogP contribution in [0.2, 0.25) is 0 Å². The number of carboxylic acids is 1. The Bertz CT molecular complexity index is 260. The van der Waals surface area contributed by atoms with Gasteiger partial charge in [-0.1, -0.05) is 12.2 Å². The van der Waals surface area contributed by atoms with Crippen molar-refractivity contribution in [1.29, 1.82) is 0 Å². The molecule has 0 aromatic heterocycles. The van der Waals surface area contributed by atoms with E-state index in [2.05, 4.69) is 0 Å². The number of carboxylic acid groups (broad SMARTS) is 1. The van der Waals surface area contributed by atoms with E-state index in [1.54, 1.807) is 0 Å². The molecule has 0 saturated heterocycles. The van der Waals surface area contributed by atoms with Crippen molar-refractivity contribution in [2.24, 2.45) is 11.3 Å². The molecule has 0 bridgehead atoms. The molecule has 2 aliphatic rings. The summed E-state index contributed by atoms with van der Waals surface area (Å²) in [5.74, 6) is -1.20. The van der Waals surface area contributed by atoms with Gasteiger partial charge in [-0.15, -0.1) is 0 Å². The first-order valence-electron chi connectivity index (χ1n) is 3.87. The van der Waals surface area contributed by atoms with Gasteiger partial charge in [0.1, 0.15) is 0 Å². The van der Waals surface area contributed by atoms with Crippen LogP contribution in [0.5, 0.6) is 0 Å². The van der Waals surface area contributed by atoms with E-state index in [-0.39, 0.29) is 5.92 Å². The number of carbonyl (C=O) groups is 1. The molecule has 0 unspecified atom stereocenters. The van der Waals surface area contributed by atoms with E-state index >= 15 is 0 Å². The third kappa shape index (κ3) is 0.763. The highest BCUT2D eigenvalue weighted by Crippen LogP contribution is 2.58. The second kappa shape index (κ2) is 2.08. The molecular formula is C8H10O4. The molecule has 0 aromatic rings. The van der Waals surface area contributed by atoms with Gasteiger partial charge < -0.3 is 15.3 Å². The highest BCUT2D eigenvalue weighted by Gasteiger charge is 2.64. The molecule has 4 heteroatoms. The van der Waals surface area contributed by atoms with Gasteiger partial charge in [-0.05, 0) is 6.42 Å². The Hall–Kier alpha value is -0.870. The maximum Gasteiger partial charge on any atom is 0.313 e. The first-order valence-corrected chi connectivity index (χ1v) is 3.87. The highest BCUT2D eigenvalue weighted by molar-refractivity contribution is 5.82. The van der Waals surface area contributed by atoms with Gasteiger partial charge in [0.15, 0.2) is 0 Å². The highest BCUT2D eigenvalue weighted by atomic mass is 16.4. The van der Waals surface area contributed by atoms with E-state index in [0.717, 1.165) is 0 Å². The number of hydrogen-bond acceptors (Lipinski definition) is 3. The summed E-state index contributed by atoms with van der Waals surface area (Å²) >= 11 is 0. The maximum atomic E-state index is 10.7. The van der Waals surface area contributed by atoms with Gasteiger partial charge in [0.05, 0.1) is 17.6 Å². The average Bonchev–Trinajstić information content (AvgIpc) is 2.74. The SMILES string of the molecule is O=C(O)[C@@]12C=C[C@@H](O)[C@H](O)[C@@H]1C2. The van der Waals surface area contributed by atoms with Crippen LogP contribution in [-0.2, 0) is 4.79 Å². The molecule has 4 nitrogen and oxygen atoms in total. The topological polar surface area (TPSA) is 77.8 Å². The van der Waals surface area contributed by atoms with Gasteiger partial charge in [-0.3, -0.25) is 4.79 Å². The fourth-order valence-corrected chi connectivity index (χ4v) is 1.86. The lowest BCUT2D eigenvalue weighted by Crippen LogP contribution is -2.34. The molecule has 3 N–H and O–H groups in total. The van der Waals surface area contributed by atoms with Gasteiger partial charge in [-0.2, -0.15) is 0 Å². The van der Waals surface area contributed by atoms with Crippen molar-refractivity contribution in [3.63, 3.8) is 0 Å². The monoisotopic (exact) mass is 170 g/mol. The van der Waals surface area contributed by atoms with E-state index in [1.165, 1.54) is 12.2 Å². The van der Waals surface area contributed by atoms with Crippen molar-refractivity contribution in [1.82, 2.24) is 0 Å². The third-order valence-corrected chi connectivity index (χ3v) is 2.81. The summed E-state index contributed by atoms with van der Waals surface area (Å²) in [5, 5.41) is 27.3. The summed E-state index contributed by atoms with van der Waals surface area (Å²) in [5.41, 5.74) is -0.876.